The topological polar surface area (TPSA) is 54.9 Å². The van der Waals surface area contributed by atoms with Gasteiger partial charge in [0.25, 0.3) is 0 Å². The molecule has 1 aromatic heterocycles. The third-order valence-electron chi connectivity index (χ3n) is 5.13. The van der Waals surface area contributed by atoms with Gasteiger partial charge in [-0.1, -0.05) is 12.1 Å². The van der Waals surface area contributed by atoms with E-state index in [1.54, 1.807) is 0 Å². The standard InChI is InChI=1S/C23H23N3O3/c1-17(23(27)28-2)29-20-6-7-21-18(16-20)4-3-5-22(21)26-14-12-25(13-15-26)19-8-10-24-11-9-19/h3-11,16H,1,12-15H2,2H3. The summed E-state index contributed by atoms with van der Waals surface area (Å²) in [6.07, 6.45) is 3.67. The van der Waals surface area contributed by atoms with Gasteiger partial charge in [0.1, 0.15) is 5.75 Å². The first-order valence-electron chi connectivity index (χ1n) is 9.53. The van der Waals surface area contributed by atoms with Gasteiger partial charge in [0.2, 0.25) is 5.76 Å². The molecular weight excluding hydrogens is 366 g/mol. The van der Waals surface area contributed by atoms with Crippen LogP contribution in [0.2, 0.25) is 0 Å². The highest BCUT2D eigenvalue weighted by Crippen LogP contribution is 2.31. The number of hydrogen-bond donors (Lipinski definition) is 0. The first-order chi connectivity index (χ1) is 14.2. The van der Waals surface area contributed by atoms with Gasteiger partial charge in [-0.05, 0) is 48.4 Å². The Balaban J connectivity index is 1.51. The van der Waals surface area contributed by atoms with E-state index in [0.717, 1.165) is 37.0 Å². The van der Waals surface area contributed by atoms with Crippen LogP contribution in [-0.2, 0) is 9.53 Å². The Bertz CT molecular complexity index is 1030. The van der Waals surface area contributed by atoms with Crippen molar-refractivity contribution >= 4 is 28.1 Å². The third-order valence-corrected chi connectivity index (χ3v) is 5.13. The number of ether oxygens (including phenoxy) is 2. The van der Waals surface area contributed by atoms with Crippen molar-refractivity contribution in [2.75, 3.05) is 43.1 Å². The number of aromatic nitrogens is 1. The number of carbonyl (C=O) groups excluding carboxylic acids is 1. The van der Waals surface area contributed by atoms with E-state index in [9.17, 15) is 4.79 Å². The number of fused-ring (bicyclic) bond motifs is 1. The van der Waals surface area contributed by atoms with E-state index in [0.29, 0.717) is 5.75 Å². The molecule has 1 fully saturated rings. The number of hydrogen-bond acceptors (Lipinski definition) is 6. The molecule has 0 N–H and O–H groups in total. The molecule has 0 spiro atoms. The van der Waals surface area contributed by atoms with E-state index in [1.165, 1.54) is 18.5 Å². The Labute approximate surface area is 170 Å². The summed E-state index contributed by atoms with van der Waals surface area (Å²) in [4.78, 5) is 20.4. The van der Waals surface area contributed by atoms with Crippen LogP contribution in [0.25, 0.3) is 10.8 Å². The lowest BCUT2D eigenvalue weighted by atomic mass is 10.1. The van der Waals surface area contributed by atoms with Crippen molar-refractivity contribution in [1.29, 1.82) is 0 Å². The van der Waals surface area contributed by atoms with Crippen LogP contribution >= 0.6 is 0 Å². The van der Waals surface area contributed by atoms with Crippen molar-refractivity contribution in [3.63, 3.8) is 0 Å². The maximum absolute atomic E-state index is 11.5. The summed E-state index contributed by atoms with van der Waals surface area (Å²) in [6.45, 7) is 7.41. The molecule has 148 valence electrons. The first kappa shape index (κ1) is 18.8. The molecular formula is C23H23N3O3. The van der Waals surface area contributed by atoms with Gasteiger partial charge in [-0.3, -0.25) is 4.98 Å². The van der Waals surface area contributed by atoms with Gasteiger partial charge in [0.15, 0.2) is 0 Å². The fourth-order valence-corrected chi connectivity index (χ4v) is 3.64. The zero-order valence-corrected chi connectivity index (χ0v) is 16.4. The lowest BCUT2D eigenvalue weighted by molar-refractivity contribution is -0.138. The Morgan fingerprint density at radius 3 is 2.45 bits per heavy atom. The summed E-state index contributed by atoms with van der Waals surface area (Å²) in [5, 5.41) is 2.20. The predicted molar refractivity (Wildman–Crippen MR) is 114 cm³/mol. The van der Waals surface area contributed by atoms with Crippen molar-refractivity contribution in [3.05, 3.63) is 73.3 Å². The van der Waals surface area contributed by atoms with Crippen molar-refractivity contribution in [2.45, 2.75) is 0 Å². The summed E-state index contributed by atoms with van der Waals surface area (Å²) in [6, 6.07) is 16.1. The number of pyridine rings is 1. The largest absolute Gasteiger partial charge is 0.463 e. The van der Waals surface area contributed by atoms with Gasteiger partial charge >= 0.3 is 5.97 Å². The second-order valence-corrected chi connectivity index (χ2v) is 6.86. The maximum Gasteiger partial charge on any atom is 0.373 e. The lowest BCUT2D eigenvalue weighted by Gasteiger charge is -2.37. The van der Waals surface area contributed by atoms with Crippen LogP contribution in [0.5, 0.6) is 5.75 Å². The fraction of sp³-hybridized carbons (Fsp3) is 0.217. The van der Waals surface area contributed by atoms with Gasteiger partial charge in [-0.15, -0.1) is 0 Å². The molecule has 1 aliphatic rings. The van der Waals surface area contributed by atoms with E-state index in [1.807, 2.05) is 42.7 Å². The highest BCUT2D eigenvalue weighted by molar-refractivity contribution is 5.95. The minimum Gasteiger partial charge on any atom is -0.463 e. The SMILES string of the molecule is C=C(Oc1ccc2c(N3CCN(c4ccncc4)CC3)cccc2c1)C(=O)OC. The Morgan fingerprint density at radius 2 is 1.72 bits per heavy atom. The summed E-state index contributed by atoms with van der Waals surface area (Å²) in [5.74, 6) is -0.0475. The molecule has 0 bridgehead atoms. The van der Waals surface area contributed by atoms with Gasteiger partial charge in [-0.2, -0.15) is 0 Å². The number of benzene rings is 2. The van der Waals surface area contributed by atoms with Crippen molar-refractivity contribution in [1.82, 2.24) is 4.98 Å². The lowest BCUT2D eigenvalue weighted by Crippen LogP contribution is -2.46. The summed E-state index contributed by atoms with van der Waals surface area (Å²) >= 11 is 0. The van der Waals surface area contributed by atoms with Crippen LogP contribution in [-0.4, -0.2) is 44.2 Å². The van der Waals surface area contributed by atoms with Gasteiger partial charge < -0.3 is 19.3 Å². The number of nitrogens with zero attached hydrogens (tertiary/aromatic N) is 3. The minimum absolute atomic E-state index is 0.0322. The van der Waals surface area contributed by atoms with E-state index < -0.39 is 5.97 Å². The van der Waals surface area contributed by atoms with Crippen molar-refractivity contribution in [3.8, 4) is 5.75 Å². The molecule has 1 saturated heterocycles. The maximum atomic E-state index is 11.5. The van der Waals surface area contributed by atoms with Crippen LogP contribution in [0.3, 0.4) is 0 Å². The van der Waals surface area contributed by atoms with Crippen LogP contribution in [0.15, 0.2) is 73.3 Å². The predicted octanol–water partition coefficient (Wildman–Crippen LogP) is 3.63. The number of anilines is 2. The molecule has 2 aromatic carbocycles. The summed E-state index contributed by atoms with van der Waals surface area (Å²) < 4.78 is 10.2. The zero-order chi connectivity index (χ0) is 20.2. The summed E-state index contributed by atoms with van der Waals surface area (Å²) in [7, 11) is 1.30. The molecule has 0 saturated carbocycles. The van der Waals surface area contributed by atoms with E-state index >= 15 is 0 Å². The summed E-state index contributed by atoms with van der Waals surface area (Å²) in [5.41, 5.74) is 2.42. The number of methoxy groups -OCH3 is 1. The van der Waals surface area contributed by atoms with Gasteiger partial charge in [0.05, 0.1) is 7.11 Å². The van der Waals surface area contributed by atoms with Crippen molar-refractivity contribution in [2.24, 2.45) is 0 Å². The molecule has 4 rings (SSSR count). The van der Waals surface area contributed by atoms with Gasteiger partial charge in [-0.25, -0.2) is 4.79 Å². The number of carbonyl (C=O) groups is 1. The molecule has 0 radical (unpaired) electrons. The average Bonchev–Trinajstić information content (AvgIpc) is 2.78. The normalized spacial score (nSPS) is 14.0. The van der Waals surface area contributed by atoms with E-state index in [2.05, 4.69) is 44.3 Å². The quantitative estimate of drug-likeness (QED) is 0.377. The number of esters is 1. The molecule has 29 heavy (non-hydrogen) atoms. The number of rotatable bonds is 5. The Hall–Kier alpha value is -3.54. The second kappa shape index (κ2) is 8.22. The van der Waals surface area contributed by atoms with Gasteiger partial charge in [0, 0.05) is 55.3 Å². The molecule has 2 heterocycles. The highest BCUT2D eigenvalue weighted by Gasteiger charge is 2.19. The van der Waals surface area contributed by atoms with E-state index in [4.69, 9.17) is 4.74 Å². The third kappa shape index (κ3) is 4.01. The van der Waals surface area contributed by atoms with E-state index in [-0.39, 0.29) is 5.76 Å². The van der Waals surface area contributed by atoms with Crippen LogP contribution in [0, 0.1) is 0 Å². The molecule has 3 aromatic rings. The monoisotopic (exact) mass is 389 g/mol. The average molecular weight is 389 g/mol. The van der Waals surface area contributed by atoms with Crippen molar-refractivity contribution < 1.29 is 14.3 Å². The fourth-order valence-electron chi connectivity index (χ4n) is 3.64. The van der Waals surface area contributed by atoms with Crippen LogP contribution < -0.4 is 14.5 Å². The molecule has 0 atom stereocenters. The second-order valence-electron chi connectivity index (χ2n) is 6.86. The molecule has 0 unspecified atom stereocenters. The number of piperazine rings is 1. The zero-order valence-electron chi connectivity index (χ0n) is 16.4. The molecule has 6 heteroatoms. The molecule has 0 aliphatic carbocycles. The highest BCUT2D eigenvalue weighted by atomic mass is 16.6. The Morgan fingerprint density at radius 1 is 1.00 bits per heavy atom. The first-order valence-corrected chi connectivity index (χ1v) is 9.53. The minimum atomic E-state index is -0.578. The van der Waals surface area contributed by atoms with Crippen LogP contribution in [0.1, 0.15) is 0 Å². The molecule has 0 amide bonds. The Kier molecular flexibility index (Phi) is 5.33. The smallest absolute Gasteiger partial charge is 0.373 e. The molecule has 1 aliphatic heterocycles. The molecule has 6 nitrogen and oxygen atoms in total. The van der Waals surface area contributed by atoms with Crippen LogP contribution in [0.4, 0.5) is 11.4 Å².